The van der Waals surface area contributed by atoms with Crippen molar-refractivity contribution in [1.29, 1.82) is 0 Å². The highest BCUT2D eigenvalue weighted by molar-refractivity contribution is 7.26. The van der Waals surface area contributed by atoms with E-state index < -0.39 is 6.04 Å². The molecule has 4 rings (SSSR count). The Morgan fingerprint density at radius 3 is 2.88 bits per heavy atom. The smallest absolute Gasteiger partial charge is 0.276 e. The van der Waals surface area contributed by atoms with Crippen molar-refractivity contribution < 1.29 is 4.79 Å². The lowest BCUT2D eigenvalue weighted by Crippen LogP contribution is -2.42. The summed E-state index contributed by atoms with van der Waals surface area (Å²) in [6.07, 6.45) is 6.53. The maximum Gasteiger partial charge on any atom is 0.276 e. The van der Waals surface area contributed by atoms with Crippen LogP contribution in [-0.2, 0) is 4.79 Å². The third kappa shape index (κ3) is 4.46. The van der Waals surface area contributed by atoms with Crippen LogP contribution in [0.25, 0.3) is 20.2 Å². The first-order chi connectivity index (χ1) is 15.5. The number of benzene rings is 1. The molecule has 2 atom stereocenters. The molecule has 2 aromatic heterocycles. The van der Waals surface area contributed by atoms with Crippen LogP contribution in [0.5, 0.6) is 0 Å². The standard InChI is InChI=1S/C25H34N4O2S/c1-4-18-11-8-9-15-28(18)16-10-14-26-24(30)20(5-2)29-25(31)22-19-12-6-7-13-21(19)32-23(22)17(3)27-29/h6-7,12-13,18,20H,4-5,8-11,14-16H2,1-3H3,(H,26,30)/t18-,20+/m0/s1. The Kier molecular flexibility index (Phi) is 7.26. The fourth-order valence-electron chi connectivity index (χ4n) is 4.99. The molecule has 0 unspecified atom stereocenters. The fourth-order valence-corrected chi connectivity index (χ4v) is 6.12. The number of rotatable bonds is 8. The third-order valence-electron chi connectivity index (χ3n) is 6.73. The Hall–Kier alpha value is -2.25. The summed E-state index contributed by atoms with van der Waals surface area (Å²) >= 11 is 1.59. The maximum atomic E-state index is 13.4. The van der Waals surface area contributed by atoms with E-state index in [0.717, 1.165) is 40.0 Å². The van der Waals surface area contributed by atoms with Crippen LogP contribution in [0.15, 0.2) is 29.1 Å². The lowest BCUT2D eigenvalue weighted by molar-refractivity contribution is -0.124. The first-order valence-electron chi connectivity index (χ1n) is 12.0. The van der Waals surface area contributed by atoms with Gasteiger partial charge in [0, 0.05) is 29.2 Å². The molecular formula is C25H34N4O2S. The number of amides is 1. The average molecular weight is 455 g/mol. The van der Waals surface area contributed by atoms with Crippen LogP contribution in [0.3, 0.4) is 0 Å². The molecule has 1 aliphatic heterocycles. The van der Waals surface area contributed by atoms with E-state index in [9.17, 15) is 9.59 Å². The number of carbonyl (C=O) groups excluding carboxylic acids is 1. The van der Waals surface area contributed by atoms with E-state index in [4.69, 9.17) is 0 Å². The molecule has 0 spiro atoms. The second kappa shape index (κ2) is 10.1. The largest absolute Gasteiger partial charge is 0.354 e. The van der Waals surface area contributed by atoms with Crippen LogP contribution in [0.4, 0.5) is 0 Å². The summed E-state index contributed by atoms with van der Waals surface area (Å²) in [5.74, 6) is -0.119. The number of hydrogen-bond acceptors (Lipinski definition) is 5. The monoisotopic (exact) mass is 454 g/mol. The van der Waals surface area contributed by atoms with Gasteiger partial charge in [0.15, 0.2) is 0 Å². The number of likely N-dealkylation sites (tertiary alicyclic amines) is 1. The molecule has 1 saturated heterocycles. The second-order valence-electron chi connectivity index (χ2n) is 8.80. The van der Waals surface area contributed by atoms with Crippen molar-refractivity contribution in [1.82, 2.24) is 20.0 Å². The fraction of sp³-hybridized carbons (Fsp3) is 0.560. The van der Waals surface area contributed by atoms with Crippen molar-refractivity contribution in [2.45, 2.75) is 71.4 Å². The van der Waals surface area contributed by atoms with Crippen molar-refractivity contribution in [3.63, 3.8) is 0 Å². The van der Waals surface area contributed by atoms with E-state index >= 15 is 0 Å². The summed E-state index contributed by atoms with van der Waals surface area (Å²) < 4.78 is 3.39. The third-order valence-corrected chi connectivity index (χ3v) is 8.01. The van der Waals surface area contributed by atoms with Crippen LogP contribution in [-0.4, -0.2) is 46.3 Å². The molecule has 172 valence electrons. The number of carbonyl (C=O) groups is 1. The van der Waals surface area contributed by atoms with Crippen LogP contribution >= 0.6 is 11.3 Å². The number of fused-ring (bicyclic) bond motifs is 3. The number of nitrogens with zero attached hydrogens (tertiary/aromatic N) is 3. The molecule has 7 heteroatoms. The van der Waals surface area contributed by atoms with Crippen LogP contribution < -0.4 is 10.9 Å². The van der Waals surface area contributed by atoms with Gasteiger partial charge in [-0.25, -0.2) is 4.68 Å². The Morgan fingerprint density at radius 2 is 2.09 bits per heavy atom. The molecule has 0 saturated carbocycles. The molecule has 0 bridgehead atoms. The summed E-state index contributed by atoms with van der Waals surface area (Å²) in [7, 11) is 0. The van der Waals surface area contributed by atoms with Crippen LogP contribution in [0.1, 0.15) is 64.1 Å². The lowest BCUT2D eigenvalue weighted by Gasteiger charge is -2.35. The molecule has 3 heterocycles. The van der Waals surface area contributed by atoms with E-state index in [1.807, 2.05) is 38.1 Å². The zero-order chi connectivity index (χ0) is 22.7. The SMILES string of the molecule is CC[C@H]1CCCCN1CCCNC(=O)[C@@H](CC)n1nc(C)c2sc3ccccc3c2c1=O. The molecule has 6 nitrogen and oxygen atoms in total. The van der Waals surface area contributed by atoms with Crippen molar-refractivity contribution >= 4 is 37.4 Å². The number of thiophene rings is 1. The van der Waals surface area contributed by atoms with E-state index in [1.54, 1.807) is 11.3 Å². The van der Waals surface area contributed by atoms with Gasteiger partial charge in [0.25, 0.3) is 5.56 Å². The summed E-state index contributed by atoms with van der Waals surface area (Å²) in [6.45, 7) is 8.91. The minimum atomic E-state index is -0.595. The van der Waals surface area contributed by atoms with Gasteiger partial charge in [-0.3, -0.25) is 9.59 Å². The van der Waals surface area contributed by atoms with Crippen LogP contribution in [0, 0.1) is 6.92 Å². The molecule has 1 fully saturated rings. The van der Waals surface area contributed by atoms with Crippen LogP contribution in [0.2, 0.25) is 0 Å². The van der Waals surface area contributed by atoms with Gasteiger partial charge in [-0.15, -0.1) is 11.3 Å². The molecule has 32 heavy (non-hydrogen) atoms. The highest BCUT2D eigenvalue weighted by Crippen LogP contribution is 2.33. The number of hydrogen-bond donors (Lipinski definition) is 1. The Morgan fingerprint density at radius 1 is 1.28 bits per heavy atom. The molecule has 1 aliphatic rings. The van der Waals surface area contributed by atoms with Gasteiger partial charge in [0.1, 0.15) is 6.04 Å². The average Bonchev–Trinajstić information content (AvgIpc) is 3.21. The molecule has 1 N–H and O–H groups in total. The zero-order valence-corrected chi connectivity index (χ0v) is 20.2. The predicted octanol–water partition coefficient (Wildman–Crippen LogP) is 4.64. The number of piperidine rings is 1. The highest BCUT2D eigenvalue weighted by Gasteiger charge is 2.24. The quantitative estimate of drug-likeness (QED) is 0.504. The van der Waals surface area contributed by atoms with Gasteiger partial charge in [-0.2, -0.15) is 5.10 Å². The van der Waals surface area contributed by atoms with Gasteiger partial charge in [0.05, 0.1) is 15.8 Å². The van der Waals surface area contributed by atoms with Gasteiger partial charge in [-0.05, 0) is 51.6 Å². The summed E-state index contributed by atoms with van der Waals surface area (Å²) in [4.78, 5) is 29.0. The molecule has 1 amide bonds. The normalized spacial score (nSPS) is 18.3. The topological polar surface area (TPSA) is 67.2 Å². The zero-order valence-electron chi connectivity index (χ0n) is 19.4. The number of nitrogens with one attached hydrogen (secondary N) is 1. The Balaban J connectivity index is 1.48. The minimum absolute atomic E-state index is 0.119. The number of aromatic nitrogens is 2. The van der Waals surface area contributed by atoms with Crippen molar-refractivity contribution in [2.24, 2.45) is 0 Å². The minimum Gasteiger partial charge on any atom is -0.354 e. The maximum absolute atomic E-state index is 13.4. The van der Waals surface area contributed by atoms with Gasteiger partial charge in [0.2, 0.25) is 5.91 Å². The molecule has 0 aliphatic carbocycles. The van der Waals surface area contributed by atoms with E-state index in [1.165, 1.54) is 30.4 Å². The molecule has 3 aromatic rings. The lowest BCUT2D eigenvalue weighted by atomic mass is 10.00. The molecule has 0 radical (unpaired) electrons. The Labute approximate surface area is 193 Å². The first-order valence-corrected chi connectivity index (χ1v) is 12.8. The van der Waals surface area contributed by atoms with Gasteiger partial charge < -0.3 is 10.2 Å². The van der Waals surface area contributed by atoms with Crippen molar-refractivity contribution in [2.75, 3.05) is 19.6 Å². The van der Waals surface area contributed by atoms with Crippen molar-refractivity contribution in [3.05, 3.63) is 40.3 Å². The summed E-state index contributed by atoms with van der Waals surface area (Å²) in [5, 5.41) is 9.25. The Bertz CT molecular complexity index is 1150. The summed E-state index contributed by atoms with van der Waals surface area (Å²) in [6, 6.07) is 8.02. The number of aryl methyl sites for hydroxylation is 1. The van der Waals surface area contributed by atoms with E-state index in [-0.39, 0.29) is 11.5 Å². The second-order valence-corrected chi connectivity index (χ2v) is 9.85. The summed E-state index contributed by atoms with van der Waals surface area (Å²) in [5.41, 5.74) is 0.618. The molecular weight excluding hydrogens is 420 g/mol. The first kappa shape index (κ1) is 22.9. The van der Waals surface area contributed by atoms with Crippen molar-refractivity contribution in [3.8, 4) is 0 Å². The van der Waals surface area contributed by atoms with Gasteiger partial charge >= 0.3 is 0 Å². The van der Waals surface area contributed by atoms with Gasteiger partial charge in [-0.1, -0.05) is 38.5 Å². The van der Waals surface area contributed by atoms with E-state index in [0.29, 0.717) is 24.4 Å². The predicted molar refractivity (Wildman–Crippen MR) is 133 cm³/mol. The molecule has 1 aromatic carbocycles. The highest BCUT2D eigenvalue weighted by atomic mass is 32.1. The van der Waals surface area contributed by atoms with E-state index in [2.05, 4.69) is 22.2 Å².